The largest absolute Gasteiger partial charge is 1.00 e. The van der Waals surface area contributed by atoms with Crippen LogP contribution in [-0.4, -0.2) is 0 Å². The van der Waals surface area contributed by atoms with Gasteiger partial charge in [-0.1, -0.05) is 18.2 Å². The molecule has 0 aromatic heterocycles. The Morgan fingerprint density at radius 3 is 2.50 bits per heavy atom. The van der Waals surface area contributed by atoms with Gasteiger partial charge in [-0.3, -0.25) is 5.14 Å². The smallest absolute Gasteiger partial charge is 0.872 e. The van der Waals surface area contributed by atoms with Crippen molar-refractivity contribution < 1.29 is 34.7 Å². The van der Waals surface area contributed by atoms with Crippen molar-refractivity contribution in [2.24, 2.45) is 5.14 Å². The van der Waals surface area contributed by atoms with Gasteiger partial charge in [-0.2, -0.15) is 0 Å². The van der Waals surface area contributed by atoms with Crippen molar-refractivity contribution in [2.45, 2.75) is 4.90 Å². The normalized spacial score (nSPS) is 8.50. The summed E-state index contributed by atoms with van der Waals surface area (Å²) in [7, 11) is 0. The second-order valence-corrected chi connectivity index (χ2v) is 2.30. The van der Waals surface area contributed by atoms with E-state index < -0.39 is 0 Å². The summed E-state index contributed by atoms with van der Waals surface area (Å²) in [6.45, 7) is 0. The molecule has 1 rings (SSSR count). The van der Waals surface area contributed by atoms with Crippen molar-refractivity contribution in [3.05, 3.63) is 24.3 Å². The van der Waals surface area contributed by atoms with Crippen LogP contribution in [0.4, 0.5) is 0 Å². The minimum atomic E-state index is 0. The van der Waals surface area contributed by atoms with Crippen LogP contribution < -0.4 is 39.8 Å². The Morgan fingerprint density at radius 1 is 1.40 bits per heavy atom. The van der Waals surface area contributed by atoms with Gasteiger partial charge in [0.05, 0.1) is 0 Å². The summed E-state index contributed by atoms with van der Waals surface area (Å²) < 4.78 is 0. The topological polar surface area (TPSA) is 49.1 Å². The van der Waals surface area contributed by atoms with Gasteiger partial charge in [0.1, 0.15) is 0 Å². The maximum atomic E-state index is 10.6. The molecule has 1 aromatic rings. The third kappa shape index (κ3) is 2.94. The van der Waals surface area contributed by atoms with Crippen LogP contribution in [0.2, 0.25) is 0 Å². The molecule has 0 fully saturated rings. The van der Waals surface area contributed by atoms with Gasteiger partial charge in [0, 0.05) is 4.90 Å². The fourth-order valence-corrected chi connectivity index (χ4v) is 0.889. The van der Waals surface area contributed by atoms with E-state index in [9.17, 15) is 5.11 Å². The molecule has 0 radical (unpaired) electrons. The quantitative estimate of drug-likeness (QED) is 0.375. The molecule has 0 heterocycles. The monoisotopic (exact) mass is 163 g/mol. The molecule has 0 aliphatic rings. The summed E-state index contributed by atoms with van der Waals surface area (Å²) in [6, 6.07) is 6.49. The zero-order valence-corrected chi connectivity index (χ0v) is 8.52. The molecular weight excluding hydrogens is 157 g/mol. The number of rotatable bonds is 1. The van der Waals surface area contributed by atoms with Gasteiger partial charge < -0.3 is 5.11 Å². The van der Waals surface area contributed by atoms with Crippen LogP contribution in [0, 0.1) is 0 Å². The number of benzene rings is 1. The van der Waals surface area contributed by atoms with Crippen molar-refractivity contribution in [1.82, 2.24) is 0 Å². The summed E-state index contributed by atoms with van der Waals surface area (Å²) >= 11 is 1.08. The molecule has 2 N–H and O–H groups in total. The van der Waals surface area contributed by atoms with Gasteiger partial charge >= 0.3 is 29.6 Å². The fourth-order valence-electron chi connectivity index (χ4n) is 0.548. The summed E-state index contributed by atoms with van der Waals surface area (Å²) in [6.07, 6.45) is 0. The molecule has 1 aromatic carbocycles. The van der Waals surface area contributed by atoms with Crippen LogP contribution in [0.15, 0.2) is 29.2 Å². The van der Waals surface area contributed by atoms with E-state index in [0.29, 0.717) is 0 Å². The molecule has 0 bridgehead atoms. The first-order valence-corrected chi connectivity index (χ1v) is 3.34. The van der Waals surface area contributed by atoms with E-state index >= 15 is 0 Å². The Morgan fingerprint density at radius 2 is 2.10 bits per heavy atom. The van der Waals surface area contributed by atoms with Crippen LogP contribution in [0.3, 0.4) is 0 Å². The number of nitrogens with two attached hydrogens (primary N) is 1. The third-order valence-electron chi connectivity index (χ3n) is 0.942. The Labute approximate surface area is 86.2 Å². The second-order valence-electron chi connectivity index (χ2n) is 1.59. The summed E-state index contributed by atoms with van der Waals surface area (Å²) in [5, 5.41) is 15.8. The van der Waals surface area contributed by atoms with Crippen molar-refractivity contribution in [3.8, 4) is 5.75 Å². The van der Waals surface area contributed by atoms with Crippen molar-refractivity contribution in [1.29, 1.82) is 0 Å². The average molecular weight is 163 g/mol. The predicted octanol–water partition coefficient (Wildman–Crippen LogP) is -2.27. The van der Waals surface area contributed by atoms with Crippen LogP contribution in [0.1, 0.15) is 0 Å². The molecule has 48 valence electrons. The second kappa shape index (κ2) is 5.04. The first kappa shape index (κ1) is 10.3. The number of hydrogen-bond acceptors (Lipinski definition) is 3. The van der Waals surface area contributed by atoms with Gasteiger partial charge in [-0.05, 0) is 18.0 Å². The zero-order valence-electron chi connectivity index (χ0n) is 5.70. The van der Waals surface area contributed by atoms with E-state index in [1.165, 1.54) is 12.1 Å². The third-order valence-corrected chi connectivity index (χ3v) is 1.47. The van der Waals surface area contributed by atoms with E-state index in [-0.39, 0.29) is 35.3 Å². The molecule has 4 heteroatoms. The van der Waals surface area contributed by atoms with Crippen LogP contribution in [0.5, 0.6) is 5.75 Å². The number of hydrogen-bond donors (Lipinski definition) is 1. The van der Waals surface area contributed by atoms with Gasteiger partial charge in [-0.15, -0.1) is 5.75 Å². The van der Waals surface area contributed by atoms with Gasteiger partial charge in [0.15, 0.2) is 0 Å². The molecular formula is C6H6NNaOS. The Kier molecular flexibility index (Phi) is 5.21. The molecule has 0 spiro atoms. The van der Waals surface area contributed by atoms with Gasteiger partial charge in [-0.25, -0.2) is 0 Å². The minimum absolute atomic E-state index is 0. The fraction of sp³-hybridized carbons (Fsp3) is 0. The van der Waals surface area contributed by atoms with Crippen molar-refractivity contribution in [2.75, 3.05) is 0 Å². The van der Waals surface area contributed by atoms with Crippen LogP contribution >= 0.6 is 11.9 Å². The van der Waals surface area contributed by atoms with E-state index in [2.05, 4.69) is 0 Å². The summed E-state index contributed by atoms with van der Waals surface area (Å²) in [4.78, 5) is 0.808. The van der Waals surface area contributed by atoms with E-state index in [0.717, 1.165) is 16.8 Å². The Balaban J connectivity index is 0.000000810. The van der Waals surface area contributed by atoms with Gasteiger partial charge in [0.25, 0.3) is 0 Å². The van der Waals surface area contributed by atoms with E-state index in [1.54, 1.807) is 12.1 Å². The van der Waals surface area contributed by atoms with Crippen LogP contribution in [-0.2, 0) is 0 Å². The van der Waals surface area contributed by atoms with Crippen LogP contribution in [0.25, 0.3) is 0 Å². The summed E-state index contributed by atoms with van der Waals surface area (Å²) in [5.74, 6) is 0.00505. The Bertz CT molecular complexity index is 207. The SMILES string of the molecule is NSc1cccc([O-])c1.[Na+]. The first-order valence-electron chi connectivity index (χ1n) is 2.47. The van der Waals surface area contributed by atoms with E-state index in [1.807, 2.05) is 0 Å². The van der Waals surface area contributed by atoms with Gasteiger partial charge in [0.2, 0.25) is 0 Å². The standard InChI is InChI=1S/C6H7NOS.Na/c7-9-6-3-1-2-5(8)4-6;/h1-4,8H,7H2;/q;+1/p-1. The first-order chi connectivity index (χ1) is 4.33. The average Bonchev–Trinajstić information content (AvgIpc) is 1.88. The predicted molar refractivity (Wildman–Crippen MR) is 35.9 cm³/mol. The zero-order chi connectivity index (χ0) is 6.69. The molecule has 0 saturated carbocycles. The van der Waals surface area contributed by atoms with Crippen molar-refractivity contribution in [3.63, 3.8) is 0 Å². The maximum Gasteiger partial charge on any atom is 1.00 e. The molecule has 2 nitrogen and oxygen atoms in total. The molecule has 0 unspecified atom stereocenters. The molecule has 0 aliphatic carbocycles. The molecule has 0 amide bonds. The molecule has 0 aliphatic heterocycles. The summed E-state index contributed by atoms with van der Waals surface area (Å²) in [5.41, 5.74) is 0. The van der Waals surface area contributed by atoms with E-state index in [4.69, 9.17) is 5.14 Å². The molecule has 10 heavy (non-hydrogen) atoms. The van der Waals surface area contributed by atoms with Crippen molar-refractivity contribution >= 4 is 11.9 Å². The maximum absolute atomic E-state index is 10.6. The molecule has 0 saturated heterocycles. The Hall–Kier alpha value is 0.330. The molecule has 0 atom stereocenters. The minimum Gasteiger partial charge on any atom is -0.872 e.